The maximum absolute atomic E-state index is 14.0. The Kier molecular flexibility index (Phi) is 4.15. The molecule has 6 rings (SSSR count). The molecule has 3 saturated heterocycles. The van der Waals surface area contributed by atoms with Gasteiger partial charge in [0, 0.05) is 22.3 Å². The molecule has 4 atom stereocenters. The molecule has 3 fully saturated rings. The number of nitrogens with one attached hydrogen (secondary N) is 1. The molecule has 1 N–H and O–H groups in total. The first kappa shape index (κ1) is 19.9. The molecule has 0 radical (unpaired) electrons. The number of aryl methyl sites for hydroxylation is 2. The molecule has 2 aromatic rings. The molecule has 7 heteroatoms. The largest absolute Gasteiger partial charge is 0.324 e. The number of carbonyl (C=O) groups excluding carboxylic acids is 3. The zero-order valence-electron chi connectivity index (χ0n) is 18.0. The van der Waals surface area contributed by atoms with E-state index in [4.69, 9.17) is 11.6 Å². The van der Waals surface area contributed by atoms with Crippen LogP contribution in [0.5, 0.6) is 0 Å². The first-order valence-electron chi connectivity index (χ1n) is 11.2. The second-order valence-electron chi connectivity index (χ2n) is 9.30. The van der Waals surface area contributed by atoms with Gasteiger partial charge in [0.25, 0.3) is 0 Å². The Balaban J connectivity index is 1.57. The van der Waals surface area contributed by atoms with Crippen LogP contribution in [0, 0.1) is 18.8 Å². The molecule has 0 unspecified atom stereocenters. The van der Waals surface area contributed by atoms with Crippen molar-refractivity contribution in [3.8, 4) is 0 Å². The molecule has 1 spiro atoms. The van der Waals surface area contributed by atoms with Crippen LogP contribution in [0.1, 0.15) is 36.5 Å². The number of halogens is 1. The van der Waals surface area contributed by atoms with E-state index in [0.29, 0.717) is 17.3 Å². The maximum atomic E-state index is 14.0. The molecule has 3 amide bonds. The normalized spacial score (nSPS) is 30.8. The summed E-state index contributed by atoms with van der Waals surface area (Å²) in [5, 5.41) is 3.50. The standard InChI is InChI=1S/C25H24ClN3O3/c1-3-14-7-9-17-16(11-14)25(24(32)27-17)21-20(18-5-4-10-28(18)25)22(30)29(23(21)31)19-12-15(26)8-6-13(19)2/h6-9,11-12,18,20-21H,3-5,10H2,1-2H3,(H,27,32)/t18-,20+,21-,25+/m0/s1. The van der Waals surface area contributed by atoms with Gasteiger partial charge in [-0.1, -0.05) is 36.7 Å². The number of hydrogen-bond acceptors (Lipinski definition) is 4. The van der Waals surface area contributed by atoms with Crippen molar-refractivity contribution in [3.63, 3.8) is 0 Å². The third-order valence-electron chi connectivity index (χ3n) is 7.88. The van der Waals surface area contributed by atoms with Gasteiger partial charge in [-0.2, -0.15) is 0 Å². The zero-order chi connectivity index (χ0) is 22.4. The van der Waals surface area contributed by atoms with Gasteiger partial charge in [-0.05, 0) is 62.1 Å². The number of anilines is 2. The molecule has 2 aromatic carbocycles. The van der Waals surface area contributed by atoms with Crippen LogP contribution in [-0.2, 0) is 26.3 Å². The highest BCUT2D eigenvalue weighted by Gasteiger charge is 2.74. The van der Waals surface area contributed by atoms with Crippen LogP contribution in [0.3, 0.4) is 0 Å². The van der Waals surface area contributed by atoms with Crippen molar-refractivity contribution in [2.75, 3.05) is 16.8 Å². The third-order valence-corrected chi connectivity index (χ3v) is 8.11. The van der Waals surface area contributed by atoms with Crippen LogP contribution in [0.2, 0.25) is 5.02 Å². The van der Waals surface area contributed by atoms with E-state index in [0.717, 1.165) is 41.6 Å². The van der Waals surface area contributed by atoms with Crippen molar-refractivity contribution in [2.45, 2.75) is 44.7 Å². The first-order chi connectivity index (χ1) is 15.4. The maximum Gasteiger partial charge on any atom is 0.250 e. The molecule has 6 nitrogen and oxygen atoms in total. The van der Waals surface area contributed by atoms with Crippen LogP contribution in [0.15, 0.2) is 36.4 Å². The smallest absolute Gasteiger partial charge is 0.250 e. The number of hydrogen-bond donors (Lipinski definition) is 1. The van der Waals surface area contributed by atoms with Crippen LogP contribution >= 0.6 is 11.6 Å². The lowest BCUT2D eigenvalue weighted by Gasteiger charge is -2.37. The van der Waals surface area contributed by atoms with Crippen LogP contribution in [0.25, 0.3) is 0 Å². The Bertz CT molecular complexity index is 1210. The highest BCUT2D eigenvalue weighted by atomic mass is 35.5. The highest BCUT2D eigenvalue weighted by molar-refractivity contribution is 6.32. The second kappa shape index (κ2) is 6.65. The fraction of sp³-hybridized carbons (Fsp3) is 0.400. The van der Waals surface area contributed by atoms with Crippen LogP contribution < -0.4 is 10.2 Å². The number of rotatable bonds is 2. The Morgan fingerprint density at radius 1 is 1.12 bits per heavy atom. The Labute approximate surface area is 191 Å². The minimum absolute atomic E-state index is 0.122. The zero-order valence-corrected chi connectivity index (χ0v) is 18.8. The molecule has 0 bridgehead atoms. The number of carbonyl (C=O) groups is 3. The van der Waals surface area contributed by atoms with Gasteiger partial charge in [0.15, 0.2) is 0 Å². The molecule has 0 saturated carbocycles. The molecule has 164 valence electrons. The van der Waals surface area contributed by atoms with E-state index in [1.54, 1.807) is 12.1 Å². The topological polar surface area (TPSA) is 69.7 Å². The summed E-state index contributed by atoms with van der Waals surface area (Å²) in [7, 11) is 0. The molecule has 4 aliphatic rings. The SMILES string of the molecule is CCc1ccc2c(c1)[C@]1(C(=O)N2)[C@@H]2C(=O)N(c3cc(Cl)ccc3C)C(=O)[C@@H]2[C@@H]2CCCN21. The Morgan fingerprint density at radius 3 is 2.72 bits per heavy atom. The average molecular weight is 450 g/mol. The van der Waals surface area contributed by atoms with E-state index < -0.39 is 17.4 Å². The van der Waals surface area contributed by atoms with Gasteiger partial charge >= 0.3 is 0 Å². The summed E-state index contributed by atoms with van der Waals surface area (Å²) < 4.78 is 0. The predicted molar refractivity (Wildman–Crippen MR) is 122 cm³/mol. The summed E-state index contributed by atoms with van der Waals surface area (Å²) >= 11 is 6.22. The number of benzene rings is 2. The molecule has 0 aromatic heterocycles. The summed E-state index contributed by atoms with van der Waals surface area (Å²) in [5.41, 5.74) is 2.88. The molecule has 0 aliphatic carbocycles. The van der Waals surface area contributed by atoms with Crippen molar-refractivity contribution in [2.24, 2.45) is 11.8 Å². The molecular weight excluding hydrogens is 426 g/mol. The van der Waals surface area contributed by atoms with E-state index in [1.165, 1.54) is 4.90 Å². The lowest BCUT2D eigenvalue weighted by molar-refractivity contribution is -0.135. The van der Waals surface area contributed by atoms with Gasteiger partial charge in [-0.3, -0.25) is 19.3 Å². The van der Waals surface area contributed by atoms with Crippen LogP contribution in [0.4, 0.5) is 11.4 Å². The minimum atomic E-state index is -1.14. The summed E-state index contributed by atoms with van der Waals surface area (Å²) in [6.07, 6.45) is 2.54. The van der Waals surface area contributed by atoms with Crippen molar-refractivity contribution in [1.29, 1.82) is 0 Å². The lowest BCUT2D eigenvalue weighted by atomic mass is 9.75. The lowest BCUT2D eigenvalue weighted by Crippen LogP contribution is -2.54. The van der Waals surface area contributed by atoms with Gasteiger partial charge in [0.2, 0.25) is 17.7 Å². The van der Waals surface area contributed by atoms with Crippen molar-refractivity contribution < 1.29 is 14.4 Å². The molecule has 4 aliphatic heterocycles. The van der Waals surface area contributed by atoms with E-state index in [9.17, 15) is 14.4 Å². The third kappa shape index (κ3) is 2.27. The van der Waals surface area contributed by atoms with E-state index in [-0.39, 0.29) is 23.8 Å². The number of imide groups is 1. The minimum Gasteiger partial charge on any atom is -0.324 e. The summed E-state index contributed by atoms with van der Waals surface area (Å²) in [5.74, 6) is -1.99. The number of fused-ring (bicyclic) bond motifs is 7. The van der Waals surface area contributed by atoms with E-state index >= 15 is 0 Å². The van der Waals surface area contributed by atoms with Crippen LogP contribution in [-0.4, -0.2) is 35.2 Å². The van der Waals surface area contributed by atoms with Gasteiger partial charge in [-0.15, -0.1) is 0 Å². The van der Waals surface area contributed by atoms with Gasteiger partial charge in [0.05, 0.1) is 17.5 Å². The number of nitrogens with zero attached hydrogens (tertiary/aromatic N) is 2. The second-order valence-corrected chi connectivity index (χ2v) is 9.74. The van der Waals surface area contributed by atoms with Gasteiger partial charge in [-0.25, -0.2) is 4.90 Å². The highest BCUT2D eigenvalue weighted by Crippen LogP contribution is 2.60. The molecular formula is C25H24ClN3O3. The molecule has 4 heterocycles. The van der Waals surface area contributed by atoms with E-state index in [1.807, 2.05) is 25.1 Å². The summed E-state index contributed by atoms with van der Waals surface area (Å²) in [6.45, 7) is 4.64. The fourth-order valence-electron chi connectivity index (χ4n) is 6.53. The van der Waals surface area contributed by atoms with Gasteiger partial charge in [0.1, 0.15) is 5.54 Å². The predicted octanol–water partition coefficient (Wildman–Crippen LogP) is 3.64. The number of amides is 3. The van der Waals surface area contributed by atoms with Gasteiger partial charge < -0.3 is 5.32 Å². The first-order valence-corrected chi connectivity index (χ1v) is 11.6. The average Bonchev–Trinajstić information content (AvgIpc) is 3.48. The summed E-state index contributed by atoms with van der Waals surface area (Å²) in [4.78, 5) is 45.0. The molecule has 32 heavy (non-hydrogen) atoms. The Morgan fingerprint density at radius 2 is 1.94 bits per heavy atom. The van der Waals surface area contributed by atoms with Crippen molar-refractivity contribution in [3.05, 3.63) is 58.1 Å². The van der Waals surface area contributed by atoms with Crippen molar-refractivity contribution >= 4 is 40.7 Å². The summed E-state index contributed by atoms with van der Waals surface area (Å²) in [6, 6.07) is 11.1. The Hall–Kier alpha value is -2.70. The van der Waals surface area contributed by atoms with E-state index in [2.05, 4.69) is 23.2 Å². The monoisotopic (exact) mass is 449 g/mol. The fourth-order valence-corrected chi connectivity index (χ4v) is 6.70. The quantitative estimate of drug-likeness (QED) is 0.710. The van der Waals surface area contributed by atoms with Crippen molar-refractivity contribution in [1.82, 2.24) is 4.90 Å².